The lowest BCUT2D eigenvalue weighted by Crippen LogP contribution is -2.27. The quantitative estimate of drug-likeness (QED) is 0.581. The van der Waals surface area contributed by atoms with E-state index in [-0.39, 0.29) is 5.91 Å². The van der Waals surface area contributed by atoms with Gasteiger partial charge in [0.1, 0.15) is 0 Å². The molecule has 1 N–H and O–H groups in total. The fourth-order valence-corrected chi connectivity index (χ4v) is 3.77. The van der Waals surface area contributed by atoms with Crippen LogP contribution in [0.3, 0.4) is 0 Å². The Morgan fingerprint density at radius 3 is 2.54 bits per heavy atom. The highest BCUT2D eigenvalue weighted by molar-refractivity contribution is 7.99. The van der Waals surface area contributed by atoms with Crippen molar-refractivity contribution in [2.45, 2.75) is 38.0 Å². The van der Waals surface area contributed by atoms with Crippen LogP contribution in [0.1, 0.15) is 31.0 Å². The van der Waals surface area contributed by atoms with Gasteiger partial charge >= 0.3 is 0 Å². The summed E-state index contributed by atoms with van der Waals surface area (Å²) in [4.78, 5) is 16.7. The summed E-state index contributed by atoms with van der Waals surface area (Å²) < 4.78 is 6.17. The molecule has 1 amide bonds. The molecule has 1 aliphatic carbocycles. The number of benzene rings is 2. The lowest BCUT2D eigenvalue weighted by Gasteiger charge is -2.03. The van der Waals surface area contributed by atoms with Crippen LogP contribution < -0.4 is 5.32 Å². The molecule has 0 atom stereocenters. The Hall–Kier alpha value is -2.53. The summed E-state index contributed by atoms with van der Waals surface area (Å²) in [5.74, 6) is 2.59. The first-order chi connectivity index (χ1) is 13.7. The van der Waals surface area contributed by atoms with Gasteiger partial charge in [-0.15, -0.1) is 11.8 Å². The van der Waals surface area contributed by atoms with Crippen LogP contribution in [-0.4, -0.2) is 22.7 Å². The Balaban J connectivity index is 1.54. The summed E-state index contributed by atoms with van der Waals surface area (Å²) >= 11 is 1.57. The molecule has 1 heterocycles. The number of aromatic nitrogens is 1. The molecule has 5 heteroatoms. The number of rotatable bonds is 8. The van der Waals surface area contributed by atoms with Crippen LogP contribution in [0.5, 0.6) is 0 Å². The fourth-order valence-electron chi connectivity index (χ4n) is 3.01. The number of hydrogen-bond acceptors (Lipinski definition) is 4. The molecule has 4 rings (SSSR count). The van der Waals surface area contributed by atoms with Crippen LogP contribution >= 0.6 is 11.8 Å². The molecule has 4 nitrogen and oxygen atoms in total. The molecule has 0 spiro atoms. The van der Waals surface area contributed by atoms with Crippen molar-refractivity contribution in [2.24, 2.45) is 0 Å². The van der Waals surface area contributed by atoms with Crippen molar-refractivity contribution in [3.05, 3.63) is 65.9 Å². The van der Waals surface area contributed by atoms with E-state index in [2.05, 4.69) is 36.5 Å². The van der Waals surface area contributed by atoms with Gasteiger partial charge in [0, 0.05) is 22.9 Å². The van der Waals surface area contributed by atoms with Crippen LogP contribution in [-0.2, 0) is 17.0 Å². The largest absolute Gasteiger partial charge is 0.436 e. The molecule has 0 saturated heterocycles. The molecule has 1 aliphatic rings. The first kappa shape index (κ1) is 18.8. The predicted octanol–water partition coefficient (Wildman–Crippen LogP) is 5.08. The lowest BCUT2D eigenvalue weighted by molar-refractivity contribution is -0.118. The maximum absolute atomic E-state index is 11.9. The van der Waals surface area contributed by atoms with E-state index < -0.39 is 0 Å². The summed E-state index contributed by atoms with van der Waals surface area (Å²) in [6.07, 6.45) is 3.22. The summed E-state index contributed by atoms with van der Waals surface area (Å²) in [6, 6.07) is 18.8. The van der Waals surface area contributed by atoms with Gasteiger partial charge in [-0.1, -0.05) is 49.4 Å². The lowest BCUT2D eigenvalue weighted by atomic mass is 10.1. The Kier molecular flexibility index (Phi) is 5.81. The average molecular weight is 393 g/mol. The molecule has 0 radical (unpaired) electrons. The SMILES string of the molecule is CCc1ccc(-c2nc(CSCC(=O)NC3CC3)c(-c3ccccc3)o2)cc1. The monoisotopic (exact) mass is 392 g/mol. The third kappa shape index (κ3) is 4.65. The Morgan fingerprint density at radius 1 is 1.11 bits per heavy atom. The van der Waals surface area contributed by atoms with Crippen molar-refractivity contribution in [2.75, 3.05) is 5.75 Å². The van der Waals surface area contributed by atoms with E-state index in [1.807, 2.05) is 30.3 Å². The second-order valence-electron chi connectivity index (χ2n) is 7.05. The molecule has 1 aromatic heterocycles. The number of hydrogen-bond donors (Lipinski definition) is 1. The summed E-state index contributed by atoms with van der Waals surface area (Å²) in [5, 5.41) is 3.02. The number of nitrogens with zero attached hydrogens (tertiary/aromatic N) is 1. The first-order valence-electron chi connectivity index (χ1n) is 9.74. The molecule has 1 saturated carbocycles. The van der Waals surface area contributed by atoms with Crippen molar-refractivity contribution in [3.63, 3.8) is 0 Å². The third-order valence-corrected chi connectivity index (χ3v) is 5.70. The van der Waals surface area contributed by atoms with E-state index in [4.69, 9.17) is 9.40 Å². The Bertz CT molecular complexity index is 931. The molecule has 3 aromatic rings. The number of carbonyl (C=O) groups excluding carboxylic acids is 1. The number of thioether (sulfide) groups is 1. The highest BCUT2D eigenvalue weighted by Gasteiger charge is 2.23. The van der Waals surface area contributed by atoms with Gasteiger partial charge in [-0.05, 0) is 37.0 Å². The smallest absolute Gasteiger partial charge is 0.230 e. The zero-order chi connectivity index (χ0) is 19.3. The minimum Gasteiger partial charge on any atom is -0.436 e. The molecule has 0 aliphatic heterocycles. The molecular formula is C23H24N2O2S. The van der Waals surface area contributed by atoms with Crippen LogP contribution in [0.2, 0.25) is 0 Å². The standard InChI is InChI=1S/C23H24N2O2S/c1-2-16-8-10-18(11-9-16)23-25-20(14-28-15-21(26)24-19-12-13-19)22(27-23)17-6-4-3-5-7-17/h3-11,19H,2,12-15H2,1H3,(H,24,26). The number of carbonyl (C=O) groups is 1. The van der Waals surface area contributed by atoms with Gasteiger partial charge in [-0.25, -0.2) is 4.98 Å². The summed E-state index contributed by atoms with van der Waals surface area (Å²) in [6.45, 7) is 2.14. The van der Waals surface area contributed by atoms with Crippen LogP contribution in [0.15, 0.2) is 59.0 Å². The molecule has 1 fully saturated rings. The maximum Gasteiger partial charge on any atom is 0.230 e. The van der Waals surface area contributed by atoms with Gasteiger partial charge in [0.25, 0.3) is 0 Å². The van der Waals surface area contributed by atoms with Crippen molar-refractivity contribution in [1.82, 2.24) is 10.3 Å². The zero-order valence-electron chi connectivity index (χ0n) is 16.0. The molecule has 28 heavy (non-hydrogen) atoms. The zero-order valence-corrected chi connectivity index (χ0v) is 16.8. The second-order valence-corrected chi connectivity index (χ2v) is 8.03. The van der Waals surface area contributed by atoms with Crippen LogP contribution in [0, 0.1) is 0 Å². The Labute approximate surface area is 169 Å². The van der Waals surface area contributed by atoms with Gasteiger partial charge in [0.2, 0.25) is 11.8 Å². The van der Waals surface area contributed by atoms with E-state index in [0.29, 0.717) is 23.4 Å². The number of aryl methyl sites for hydroxylation is 1. The van der Waals surface area contributed by atoms with Crippen LogP contribution in [0.4, 0.5) is 0 Å². The van der Waals surface area contributed by atoms with E-state index in [1.165, 1.54) is 5.56 Å². The Morgan fingerprint density at radius 2 is 1.86 bits per heavy atom. The van der Waals surface area contributed by atoms with E-state index in [1.54, 1.807) is 11.8 Å². The van der Waals surface area contributed by atoms with Gasteiger partial charge < -0.3 is 9.73 Å². The minimum atomic E-state index is 0.104. The van der Waals surface area contributed by atoms with E-state index in [0.717, 1.165) is 41.8 Å². The third-order valence-electron chi connectivity index (χ3n) is 4.76. The molecule has 0 bridgehead atoms. The summed E-state index contributed by atoms with van der Waals surface area (Å²) in [7, 11) is 0. The molecule has 0 unspecified atom stereocenters. The van der Waals surface area contributed by atoms with Crippen molar-refractivity contribution in [1.29, 1.82) is 0 Å². The average Bonchev–Trinajstić information content (AvgIpc) is 3.44. The number of amides is 1. The van der Waals surface area contributed by atoms with Crippen LogP contribution in [0.25, 0.3) is 22.8 Å². The normalized spacial score (nSPS) is 13.5. The van der Waals surface area contributed by atoms with Gasteiger partial charge in [-0.2, -0.15) is 0 Å². The predicted molar refractivity (Wildman–Crippen MR) is 114 cm³/mol. The molecular weight excluding hydrogens is 368 g/mol. The van der Waals surface area contributed by atoms with E-state index in [9.17, 15) is 4.79 Å². The maximum atomic E-state index is 11.9. The van der Waals surface area contributed by atoms with Gasteiger partial charge in [-0.3, -0.25) is 4.79 Å². The minimum absolute atomic E-state index is 0.104. The van der Waals surface area contributed by atoms with Crippen molar-refractivity contribution in [3.8, 4) is 22.8 Å². The topological polar surface area (TPSA) is 55.1 Å². The molecule has 2 aromatic carbocycles. The van der Waals surface area contributed by atoms with Gasteiger partial charge in [0.15, 0.2) is 5.76 Å². The number of nitrogens with one attached hydrogen (secondary N) is 1. The number of oxazole rings is 1. The highest BCUT2D eigenvalue weighted by Crippen LogP contribution is 2.32. The van der Waals surface area contributed by atoms with Crippen molar-refractivity contribution < 1.29 is 9.21 Å². The molecule has 144 valence electrons. The highest BCUT2D eigenvalue weighted by atomic mass is 32.2. The summed E-state index contributed by atoms with van der Waals surface area (Å²) in [5.41, 5.74) is 4.14. The van der Waals surface area contributed by atoms with Gasteiger partial charge in [0.05, 0.1) is 11.4 Å². The second kappa shape index (κ2) is 8.65. The fraction of sp³-hybridized carbons (Fsp3) is 0.304. The van der Waals surface area contributed by atoms with Crippen molar-refractivity contribution >= 4 is 17.7 Å². The first-order valence-corrected chi connectivity index (χ1v) is 10.9. The van der Waals surface area contributed by atoms with E-state index >= 15 is 0 Å².